The van der Waals surface area contributed by atoms with Crippen LogP contribution < -0.4 is 5.32 Å². The van der Waals surface area contributed by atoms with Crippen LogP contribution in [0.15, 0.2) is 60.0 Å². The van der Waals surface area contributed by atoms with Crippen LogP contribution in [0.1, 0.15) is 29.8 Å². The van der Waals surface area contributed by atoms with Gasteiger partial charge in [0.05, 0.1) is 0 Å². The standard InChI is InChI=1S/C19H21NS/c1-2-12-20-19(14-16-9-6-13-21-16)18-11-5-8-15-7-3-4-10-17(15)18/h3-11,13,19-20H,2,12,14H2,1H3. The van der Waals surface area contributed by atoms with E-state index in [1.165, 1.54) is 21.2 Å². The molecule has 0 saturated carbocycles. The molecule has 0 bridgehead atoms. The van der Waals surface area contributed by atoms with Gasteiger partial charge in [-0.05, 0) is 40.7 Å². The van der Waals surface area contributed by atoms with Gasteiger partial charge in [0.15, 0.2) is 0 Å². The molecule has 1 unspecified atom stereocenters. The van der Waals surface area contributed by atoms with Crippen LogP contribution in [0.4, 0.5) is 0 Å². The van der Waals surface area contributed by atoms with Gasteiger partial charge in [-0.1, -0.05) is 55.5 Å². The molecule has 21 heavy (non-hydrogen) atoms. The van der Waals surface area contributed by atoms with E-state index in [2.05, 4.69) is 72.2 Å². The van der Waals surface area contributed by atoms with E-state index in [4.69, 9.17) is 0 Å². The molecule has 1 aromatic heterocycles. The van der Waals surface area contributed by atoms with E-state index in [0.717, 1.165) is 19.4 Å². The van der Waals surface area contributed by atoms with Gasteiger partial charge < -0.3 is 5.32 Å². The molecular weight excluding hydrogens is 274 g/mol. The predicted octanol–water partition coefficient (Wildman–Crippen LogP) is 5.18. The SMILES string of the molecule is CCCNC(Cc1cccs1)c1cccc2ccccc12. The fraction of sp³-hybridized carbons (Fsp3) is 0.263. The number of fused-ring (bicyclic) bond motifs is 1. The fourth-order valence-corrected chi connectivity index (χ4v) is 3.55. The Hall–Kier alpha value is -1.64. The summed E-state index contributed by atoms with van der Waals surface area (Å²) in [6.07, 6.45) is 2.22. The average Bonchev–Trinajstić information content (AvgIpc) is 3.04. The van der Waals surface area contributed by atoms with Crippen molar-refractivity contribution >= 4 is 22.1 Å². The Kier molecular flexibility index (Phi) is 4.69. The first-order valence-electron chi connectivity index (χ1n) is 7.62. The summed E-state index contributed by atoms with van der Waals surface area (Å²) in [5.74, 6) is 0. The highest BCUT2D eigenvalue weighted by Gasteiger charge is 2.14. The molecule has 3 aromatic rings. The number of nitrogens with one attached hydrogen (secondary N) is 1. The van der Waals surface area contributed by atoms with E-state index in [9.17, 15) is 0 Å². The molecule has 0 aliphatic rings. The number of thiophene rings is 1. The Labute approximate surface area is 130 Å². The minimum atomic E-state index is 0.384. The van der Waals surface area contributed by atoms with Gasteiger partial charge in [0, 0.05) is 17.3 Å². The maximum absolute atomic E-state index is 3.72. The first-order chi connectivity index (χ1) is 10.4. The molecule has 0 fully saturated rings. The van der Waals surface area contributed by atoms with Crippen molar-refractivity contribution in [2.75, 3.05) is 6.54 Å². The predicted molar refractivity (Wildman–Crippen MR) is 93.0 cm³/mol. The first-order valence-corrected chi connectivity index (χ1v) is 8.50. The molecule has 0 radical (unpaired) electrons. The van der Waals surface area contributed by atoms with Crippen molar-refractivity contribution < 1.29 is 0 Å². The van der Waals surface area contributed by atoms with Gasteiger partial charge in [-0.3, -0.25) is 0 Å². The minimum absolute atomic E-state index is 0.384. The second kappa shape index (κ2) is 6.88. The number of hydrogen-bond acceptors (Lipinski definition) is 2. The Morgan fingerprint density at radius 2 is 1.86 bits per heavy atom. The molecule has 0 spiro atoms. The van der Waals surface area contributed by atoms with Crippen LogP contribution in [-0.2, 0) is 6.42 Å². The van der Waals surface area contributed by atoms with Crippen LogP contribution in [0.3, 0.4) is 0 Å². The van der Waals surface area contributed by atoms with Gasteiger partial charge in [-0.2, -0.15) is 0 Å². The Morgan fingerprint density at radius 1 is 1.00 bits per heavy atom. The van der Waals surface area contributed by atoms with Gasteiger partial charge in [-0.15, -0.1) is 11.3 Å². The molecule has 2 aromatic carbocycles. The van der Waals surface area contributed by atoms with Crippen LogP contribution in [0.5, 0.6) is 0 Å². The Balaban J connectivity index is 1.97. The molecule has 2 heteroatoms. The van der Waals surface area contributed by atoms with Crippen molar-refractivity contribution in [3.63, 3.8) is 0 Å². The van der Waals surface area contributed by atoms with Crippen LogP contribution in [0.2, 0.25) is 0 Å². The van der Waals surface area contributed by atoms with Crippen molar-refractivity contribution in [2.24, 2.45) is 0 Å². The fourth-order valence-electron chi connectivity index (χ4n) is 2.79. The van der Waals surface area contributed by atoms with Crippen LogP contribution >= 0.6 is 11.3 Å². The normalized spacial score (nSPS) is 12.6. The third kappa shape index (κ3) is 3.34. The first kappa shape index (κ1) is 14.3. The van der Waals surface area contributed by atoms with Gasteiger partial charge in [0.2, 0.25) is 0 Å². The summed E-state index contributed by atoms with van der Waals surface area (Å²) in [6, 6.07) is 20.1. The van der Waals surface area contributed by atoms with E-state index >= 15 is 0 Å². The highest BCUT2D eigenvalue weighted by Crippen LogP contribution is 2.28. The van der Waals surface area contributed by atoms with E-state index in [1.54, 1.807) is 0 Å². The van der Waals surface area contributed by atoms with E-state index in [-0.39, 0.29) is 0 Å². The van der Waals surface area contributed by atoms with Crippen molar-refractivity contribution in [3.8, 4) is 0 Å². The lowest BCUT2D eigenvalue weighted by Gasteiger charge is -2.20. The zero-order chi connectivity index (χ0) is 14.5. The summed E-state index contributed by atoms with van der Waals surface area (Å²) in [7, 11) is 0. The molecule has 0 amide bonds. The lowest BCUT2D eigenvalue weighted by molar-refractivity contribution is 0.535. The molecular formula is C19H21NS. The Morgan fingerprint density at radius 3 is 2.67 bits per heavy atom. The summed E-state index contributed by atoms with van der Waals surface area (Å²) in [5, 5.41) is 8.57. The van der Waals surface area contributed by atoms with Crippen molar-refractivity contribution in [2.45, 2.75) is 25.8 Å². The molecule has 1 atom stereocenters. The zero-order valence-corrected chi connectivity index (χ0v) is 13.2. The minimum Gasteiger partial charge on any atom is -0.310 e. The molecule has 0 aliphatic carbocycles. The van der Waals surface area contributed by atoms with Crippen LogP contribution in [0.25, 0.3) is 10.8 Å². The monoisotopic (exact) mass is 295 g/mol. The summed E-state index contributed by atoms with van der Waals surface area (Å²) >= 11 is 1.84. The van der Waals surface area contributed by atoms with E-state index < -0.39 is 0 Å². The second-order valence-electron chi connectivity index (χ2n) is 5.36. The van der Waals surface area contributed by atoms with Crippen LogP contribution in [0, 0.1) is 0 Å². The number of rotatable bonds is 6. The topological polar surface area (TPSA) is 12.0 Å². The highest BCUT2D eigenvalue weighted by molar-refractivity contribution is 7.09. The maximum atomic E-state index is 3.72. The molecule has 3 rings (SSSR count). The zero-order valence-electron chi connectivity index (χ0n) is 12.4. The van der Waals surface area contributed by atoms with Gasteiger partial charge in [-0.25, -0.2) is 0 Å². The quantitative estimate of drug-likeness (QED) is 0.660. The highest BCUT2D eigenvalue weighted by atomic mass is 32.1. The third-order valence-corrected chi connectivity index (χ3v) is 4.72. The molecule has 0 saturated heterocycles. The summed E-state index contributed by atoms with van der Waals surface area (Å²) in [4.78, 5) is 1.44. The summed E-state index contributed by atoms with van der Waals surface area (Å²) in [5.41, 5.74) is 1.41. The number of hydrogen-bond donors (Lipinski definition) is 1. The Bertz CT molecular complexity index is 682. The van der Waals surface area contributed by atoms with Gasteiger partial charge in [0.1, 0.15) is 0 Å². The maximum Gasteiger partial charge on any atom is 0.0374 e. The van der Waals surface area contributed by atoms with Crippen molar-refractivity contribution in [3.05, 3.63) is 70.4 Å². The molecule has 1 nitrogen and oxygen atoms in total. The lowest BCUT2D eigenvalue weighted by Crippen LogP contribution is -2.24. The third-order valence-electron chi connectivity index (χ3n) is 3.82. The lowest BCUT2D eigenvalue weighted by atomic mass is 9.96. The van der Waals surface area contributed by atoms with E-state index in [1.807, 2.05) is 11.3 Å². The smallest absolute Gasteiger partial charge is 0.0374 e. The largest absolute Gasteiger partial charge is 0.310 e. The van der Waals surface area contributed by atoms with Crippen molar-refractivity contribution in [1.82, 2.24) is 5.32 Å². The molecule has 108 valence electrons. The summed E-state index contributed by atoms with van der Waals surface area (Å²) in [6.45, 7) is 3.28. The molecule has 0 aliphatic heterocycles. The number of benzene rings is 2. The second-order valence-corrected chi connectivity index (χ2v) is 6.39. The molecule has 1 heterocycles. The average molecular weight is 295 g/mol. The van der Waals surface area contributed by atoms with E-state index in [0.29, 0.717) is 6.04 Å². The molecule has 1 N–H and O–H groups in total. The summed E-state index contributed by atoms with van der Waals surface area (Å²) < 4.78 is 0. The van der Waals surface area contributed by atoms with Crippen molar-refractivity contribution in [1.29, 1.82) is 0 Å². The van der Waals surface area contributed by atoms with Gasteiger partial charge in [0.25, 0.3) is 0 Å². The van der Waals surface area contributed by atoms with Gasteiger partial charge >= 0.3 is 0 Å². The van der Waals surface area contributed by atoms with Crippen LogP contribution in [-0.4, -0.2) is 6.54 Å².